The maximum Gasteiger partial charge on any atom is 0.224 e. The molecule has 0 aromatic heterocycles. The number of nitrogens with zero attached hydrogens (tertiary/aromatic N) is 2. The van der Waals surface area contributed by atoms with Crippen molar-refractivity contribution in [1.29, 1.82) is 0 Å². The van der Waals surface area contributed by atoms with E-state index in [9.17, 15) is 13.2 Å². The third kappa shape index (κ3) is 4.18. The Balaban J connectivity index is 1.80. The number of amides is 1. The monoisotopic (exact) mass is 311 g/mol. The fraction of sp³-hybridized carbons (Fsp3) is 0.500. The van der Waals surface area contributed by atoms with Crippen molar-refractivity contribution in [1.82, 2.24) is 4.90 Å². The second-order valence-corrected chi connectivity index (χ2v) is 7.21. The van der Waals surface area contributed by atoms with Crippen molar-refractivity contribution >= 4 is 21.6 Å². The zero-order chi connectivity index (χ0) is 15.5. The molecule has 0 aliphatic carbocycles. The molecule has 1 aliphatic rings. The standard InChI is InChI=1S/C14H21N3O3S/c1-16(12-6-3-2-4-7-12)8-5-9-17-11-13(10-14(17)18)21(15,19)20/h2-4,6-7,13H,5,8-11H2,1H3,(H2,15,19,20). The maximum atomic E-state index is 11.8. The number of likely N-dealkylation sites (tertiary alicyclic amines) is 1. The van der Waals surface area contributed by atoms with Gasteiger partial charge in [0.05, 0.1) is 0 Å². The molecule has 116 valence electrons. The molecule has 2 rings (SSSR count). The van der Waals surface area contributed by atoms with Crippen LogP contribution in [0.4, 0.5) is 5.69 Å². The lowest BCUT2D eigenvalue weighted by Crippen LogP contribution is -2.33. The van der Waals surface area contributed by atoms with Crippen LogP contribution in [0.15, 0.2) is 30.3 Å². The van der Waals surface area contributed by atoms with Gasteiger partial charge in [-0.15, -0.1) is 0 Å². The number of nitrogens with two attached hydrogens (primary N) is 1. The molecule has 0 saturated carbocycles. The first-order valence-corrected chi connectivity index (χ1v) is 8.54. The average molecular weight is 311 g/mol. The van der Waals surface area contributed by atoms with Gasteiger partial charge < -0.3 is 9.80 Å². The average Bonchev–Trinajstić information content (AvgIpc) is 2.81. The Morgan fingerprint density at radius 2 is 2.00 bits per heavy atom. The van der Waals surface area contributed by atoms with E-state index >= 15 is 0 Å². The molecular formula is C14H21N3O3S. The Morgan fingerprint density at radius 1 is 1.33 bits per heavy atom. The normalized spacial score (nSPS) is 19.0. The zero-order valence-corrected chi connectivity index (χ0v) is 12.9. The molecule has 0 bridgehead atoms. The van der Waals surface area contributed by atoms with Crippen molar-refractivity contribution < 1.29 is 13.2 Å². The molecule has 1 aromatic rings. The molecule has 1 amide bonds. The number of carbonyl (C=O) groups is 1. The number of hydrogen-bond acceptors (Lipinski definition) is 4. The van der Waals surface area contributed by atoms with Crippen molar-refractivity contribution in [3.05, 3.63) is 30.3 Å². The first-order chi connectivity index (χ1) is 9.88. The van der Waals surface area contributed by atoms with Crippen LogP contribution in [0.25, 0.3) is 0 Å². The molecule has 6 nitrogen and oxygen atoms in total. The van der Waals surface area contributed by atoms with Crippen molar-refractivity contribution in [3.63, 3.8) is 0 Å². The fourth-order valence-corrected chi connectivity index (χ4v) is 3.25. The largest absolute Gasteiger partial charge is 0.375 e. The molecule has 1 heterocycles. The molecule has 1 fully saturated rings. The van der Waals surface area contributed by atoms with Crippen LogP contribution < -0.4 is 10.0 Å². The number of rotatable bonds is 6. The predicted octanol–water partition coefficient (Wildman–Crippen LogP) is 0.402. The van der Waals surface area contributed by atoms with Gasteiger partial charge in [0, 0.05) is 38.8 Å². The van der Waals surface area contributed by atoms with Crippen LogP contribution in [-0.2, 0) is 14.8 Å². The first kappa shape index (κ1) is 15.8. The lowest BCUT2D eigenvalue weighted by atomic mass is 10.3. The summed E-state index contributed by atoms with van der Waals surface area (Å²) in [6.07, 6.45) is 0.793. The highest BCUT2D eigenvalue weighted by molar-refractivity contribution is 7.89. The quantitative estimate of drug-likeness (QED) is 0.824. The molecular weight excluding hydrogens is 290 g/mol. The van der Waals surface area contributed by atoms with E-state index in [1.54, 1.807) is 4.90 Å². The van der Waals surface area contributed by atoms with Crippen molar-refractivity contribution in [3.8, 4) is 0 Å². The number of sulfonamides is 1. The SMILES string of the molecule is CN(CCCN1CC(S(N)(=O)=O)CC1=O)c1ccccc1. The summed E-state index contributed by atoms with van der Waals surface area (Å²) in [7, 11) is -1.63. The first-order valence-electron chi connectivity index (χ1n) is 6.93. The van der Waals surface area contributed by atoms with E-state index in [1.807, 2.05) is 37.4 Å². The summed E-state index contributed by atoms with van der Waals surface area (Å²) < 4.78 is 22.6. The molecule has 1 atom stereocenters. The van der Waals surface area contributed by atoms with E-state index in [1.165, 1.54) is 0 Å². The van der Waals surface area contributed by atoms with Crippen molar-refractivity contribution in [2.75, 3.05) is 31.6 Å². The Morgan fingerprint density at radius 3 is 2.57 bits per heavy atom. The third-order valence-corrected chi connectivity index (χ3v) is 5.01. The molecule has 21 heavy (non-hydrogen) atoms. The minimum atomic E-state index is -3.63. The third-order valence-electron chi connectivity index (χ3n) is 3.76. The van der Waals surface area contributed by atoms with Gasteiger partial charge in [0.2, 0.25) is 15.9 Å². The molecule has 1 aromatic carbocycles. The van der Waals surface area contributed by atoms with Crippen LogP contribution in [0.2, 0.25) is 0 Å². The minimum absolute atomic E-state index is 0.00730. The lowest BCUT2D eigenvalue weighted by molar-refractivity contribution is -0.127. The summed E-state index contributed by atoms with van der Waals surface area (Å²) in [5, 5.41) is 4.35. The molecule has 7 heteroatoms. The molecule has 2 N–H and O–H groups in total. The Labute approximate surface area is 125 Å². The van der Waals surface area contributed by atoms with Gasteiger partial charge in [-0.3, -0.25) is 4.79 Å². The number of primary sulfonamides is 1. The summed E-state index contributed by atoms with van der Waals surface area (Å²) >= 11 is 0. The highest BCUT2D eigenvalue weighted by Gasteiger charge is 2.35. The van der Waals surface area contributed by atoms with Crippen molar-refractivity contribution in [2.45, 2.75) is 18.1 Å². The topological polar surface area (TPSA) is 83.7 Å². The van der Waals surface area contributed by atoms with E-state index in [2.05, 4.69) is 4.90 Å². The van der Waals surface area contributed by atoms with Gasteiger partial charge in [-0.25, -0.2) is 13.6 Å². The lowest BCUT2D eigenvalue weighted by Gasteiger charge is -2.21. The van der Waals surface area contributed by atoms with E-state index in [0.29, 0.717) is 6.54 Å². The molecule has 0 spiro atoms. The van der Waals surface area contributed by atoms with Crippen LogP contribution in [0.1, 0.15) is 12.8 Å². The van der Waals surface area contributed by atoms with Crippen LogP contribution >= 0.6 is 0 Å². The number of benzene rings is 1. The van der Waals surface area contributed by atoms with Gasteiger partial charge in [0.1, 0.15) is 5.25 Å². The fourth-order valence-electron chi connectivity index (χ4n) is 2.48. The number of carbonyl (C=O) groups excluding carboxylic acids is 1. The highest BCUT2D eigenvalue weighted by Crippen LogP contribution is 2.17. The summed E-state index contributed by atoms with van der Waals surface area (Å²) in [5.74, 6) is -0.128. The smallest absolute Gasteiger partial charge is 0.224 e. The van der Waals surface area contributed by atoms with Crippen LogP contribution in [0.5, 0.6) is 0 Å². The van der Waals surface area contributed by atoms with E-state index < -0.39 is 15.3 Å². The van der Waals surface area contributed by atoms with Crippen LogP contribution in [0.3, 0.4) is 0 Å². The minimum Gasteiger partial charge on any atom is -0.375 e. The second kappa shape index (κ2) is 6.44. The van der Waals surface area contributed by atoms with Crippen LogP contribution in [0, 0.1) is 0 Å². The molecule has 0 radical (unpaired) electrons. The van der Waals surface area contributed by atoms with Gasteiger partial charge in [-0.2, -0.15) is 0 Å². The van der Waals surface area contributed by atoms with Gasteiger partial charge in [-0.1, -0.05) is 18.2 Å². The predicted molar refractivity (Wildman–Crippen MR) is 82.4 cm³/mol. The second-order valence-electron chi connectivity index (χ2n) is 5.37. The Kier molecular flexibility index (Phi) is 4.84. The Hall–Kier alpha value is -1.60. The highest BCUT2D eigenvalue weighted by atomic mass is 32.2. The van der Waals surface area contributed by atoms with Gasteiger partial charge in [0.15, 0.2) is 0 Å². The molecule has 1 unspecified atom stereocenters. The zero-order valence-electron chi connectivity index (χ0n) is 12.1. The van der Waals surface area contributed by atoms with Gasteiger partial charge in [-0.05, 0) is 18.6 Å². The Bertz CT molecular complexity index is 589. The summed E-state index contributed by atoms with van der Waals surface area (Å²) in [6, 6.07) is 9.97. The van der Waals surface area contributed by atoms with Crippen LogP contribution in [-0.4, -0.2) is 51.2 Å². The molecule has 1 saturated heterocycles. The summed E-state index contributed by atoms with van der Waals surface area (Å²) in [6.45, 7) is 1.57. The maximum absolute atomic E-state index is 11.8. The van der Waals surface area contributed by atoms with E-state index in [4.69, 9.17) is 5.14 Å². The number of para-hydroxylation sites is 1. The number of anilines is 1. The van der Waals surface area contributed by atoms with Gasteiger partial charge in [0.25, 0.3) is 0 Å². The van der Waals surface area contributed by atoms with Crippen molar-refractivity contribution in [2.24, 2.45) is 5.14 Å². The summed E-state index contributed by atoms with van der Waals surface area (Å²) in [5.41, 5.74) is 1.12. The van der Waals surface area contributed by atoms with Gasteiger partial charge >= 0.3 is 0 Å². The number of hydrogen-bond donors (Lipinski definition) is 1. The summed E-state index contributed by atoms with van der Waals surface area (Å²) in [4.78, 5) is 15.5. The molecule has 1 aliphatic heterocycles. The van der Waals surface area contributed by atoms with E-state index in [0.717, 1.165) is 18.7 Å². The van der Waals surface area contributed by atoms with E-state index in [-0.39, 0.29) is 18.9 Å².